The first-order chi connectivity index (χ1) is 6.04. The first-order valence-corrected chi connectivity index (χ1v) is 5.78. The molecule has 0 aliphatic carbocycles. The standard InChI is InChI=1S/C9H15ClN2S/c1-9(2,3)8-12-11-7(13-8)5-4-6-10/h4-6H2,1-3H3. The van der Waals surface area contributed by atoms with Gasteiger partial charge in [0.15, 0.2) is 0 Å². The Hall–Kier alpha value is -0.150. The van der Waals surface area contributed by atoms with E-state index >= 15 is 0 Å². The lowest BCUT2D eigenvalue weighted by Crippen LogP contribution is -2.10. The summed E-state index contributed by atoms with van der Waals surface area (Å²) in [4.78, 5) is 0. The van der Waals surface area contributed by atoms with Crippen LogP contribution in [0.3, 0.4) is 0 Å². The van der Waals surface area contributed by atoms with Crippen LogP contribution in [0.4, 0.5) is 0 Å². The van der Waals surface area contributed by atoms with E-state index in [1.165, 1.54) is 0 Å². The molecule has 1 rings (SSSR count). The zero-order valence-electron chi connectivity index (χ0n) is 8.30. The summed E-state index contributed by atoms with van der Waals surface area (Å²) in [6.45, 7) is 6.45. The molecule has 0 saturated heterocycles. The van der Waals surface area contributed by atoms with Gasteiger partial charge in [-0.25, -0.2) is 0 Å². The summed E-state index contributed by atoms with van der Waals surface area (Å²) in [7, 11) is 0. The van der Waals surface area contributed by atoms with Crippen LogP contribution in [0.2, 0.25) is 0 Å². The Morgan fingerprint density at radius 1 is 1.31 bits per heavy atom. The van der Waals surface area contributed by atoms with Crippen LogP contribution in [0.15, 0.2) is 0 Å². The summed E-state index contributed by atoms with van der Waals surface area (Å²) < 4.78 is 0. The third-order valence-corrected chi connectivity index (χ3v) is 3.31. The molecule has 0 unspecified atom stereocenters. The molecule has 0 aromatic carbocycles. The minimum absolute atomic E-state index is 0.122. The summed E-state index contributed by atoms with van der Waals surface area (Å²) in [5, 5.41) is 10.5. The molecule has 1 aromatic heterocycles. The predicted molar refractivity (Wildman–Crippen MR) is 57.7 cm³/mol. The predicted octanol–water partition coefficient (Wildman–Crippen LogP) is 3.01. The van der Waals surface area contributed by atoms with Gasteiger partial charge in [-0.05, 0) is 6.42 Å². The lowest BCUT2D eigenvalue weighted by Gasteiger charge is -2.12. The fourth-order valence-corrected chi connectivity index (χ4v) is 1.95. The highest BCUT2D eigenvalue weighted by Gasteiger charge is 2.18. The van der Waals surface area contributed by atoms with Gasteiger partial charge in [-0.1, -0.05) is 20.8 Å². The van der Waals surface area contributed by atoms with Crippen molar-refractivity contribution in [3.05, 3.63) is 10.0 Å². The quantitative estimate of drug-likeness (QED) is 0.729. The SMILES string of the molecule is CC(C)(C)c1nnc(CCCCl)s1. The molecule has 0 spiro atoms. The number of hydrogen-bond acceptors (Lipinski definition) is 3. The molecule has 13 heavy (non-hydrogen) atoms. The van der Waals surface area contributed by atoms with Gasteiger partial charge in [-0.15, -0.1) is 33.1 Å². The van der Waals surface area contributed by atoms with Gasteiger partial charge in [0.2, 0.25) is 0 Å². The average Bonchev–Trinajstić information content (AvgIpc) is 2.47. The van der Waals surface area contributed by atoms with Crippen molar-refractivity contribution < 1.29 is 0 Å². The number of rotatable bonds is 3. The van der Waals surface area contributed by atoms with Gasteiger partial charge < -0.3 is 0 Å². The molecule has 0 radical (unpaired) electrons. The lowest BCUT2D eigenvalue weighted by molar-refractivity contribution is 0.577. The number of halogens is 1. The molecular weight excluding hydrogens is 204 g/mol. The lowest BCUT2D eigenvalue weighted by atomic mass is 9.98. The van der Waals surface area contributed by atoms with Gasteiger partial charge in [0.25, 0.3) is 0 Å². The maximum absolute atomic E-state index is 5.60. The molecule has 0 saturated carbocycles. The highest BCUT2D eigenvalue weighted by atomic mass is 35.5. The van der Waals surface area contributed by atoms with Crippen LogP contribution in [0, 0.1) is 0 Å². The van der Waals surface area contributed by atoms with Crippen LogP contribution in [0.25, 0.3) is 0 Å². The minimum Gasteiger partial charge on any atom is -0.144 e. The van der Waals surface area contributed by atoms with Crippen LogP contribution >= 0.6 is 22.9 Å². The number of nitrogens with zero attached hydrogens (tertiary/aromatic N) is 2. The zero-order valence-corrected chi connectivity index (χ0v) is 9.87. The van der Waals surface area contributed by atoms with E-state index < -0.39 is 0 Å². The van der Waals surface area contributed by atoms with Gasteiger partial charge in [0.1, 0.15) is 10.0 Å². The fourth-order valence-electron chi connectivity index (χ4n) is 0.876. The molecule has 1 aromatic rings. The second kappa shape index (κ2) is 4.38. The van der Waals surface area contributed by atoms with Crippen molar-refractivity contribution in [1.29, 1.82) is 0 Å². The van der Waals surface area contributed by atoms with Crippen LogP contribution in [-0.4, -0.2) is 16.1 Å². The van der Waals surface area contributed by atoms with Crippen molar-refractivity contribution in [2.24, 2.45) is 0 Å². The second-order valence-corrected chi connectivity index (χ2v) is 5.48. The largest absolute Gasteiger partial charge is 0.144 e. The normalized spacial score (nSPS) is 12.0. The van der Waals surface area contributed by atoms with E-state index in [9.17, 15) is 0 Å². The summed E-state index contributed by atoms with van der Waals surface area (Å²) in [5.41, 5.74) is 0.122. The molecule has 0 bridgehead atoms. The number of alkyl halides is 1. The van der Waals surface area contributed by atoms with Crippen LogP contribution in [0.5, 0.6) is 0 Å². The molecule has 0 aliphatic heterocycles. The average molecular weight is 219 g/mol. The molecule has 74 valence electrons. The topological polar surface area (TPSA) is 25.8 Å². The number of aromatic nitrogens is 2. The molecule has 0 atom stereocenters. The first-order valence-electron chi connectivity index (χ1n) is 4.43. The molecule has 1 heterocycles. The Kier molecular flexibility index (Phi) is 3.68. The van der Waals surface area contributed by atoms with Gasteiger partial charge in [0.05, 0.1) is 0 Å². The Balaban J connectivity index is 2.64. The highest BCUT2D eigenvalue weighted by molar-refractivity contribution is 7.11. The van der Waals surface area contributed by atoms with E-state index in [2.05, 4.69) is 31.0 Å². The third-order valence-electron chi connectivity index (χ3n) is 1.63. The number of hydrogen-bond donors (Lipinski definition) is 0. The molecular formula is C9H15ClN2S. The van der Waals surface area contributed by atoms with Crippen LogP contribution < -0.4 is 0 Å². The van der Waals surface area contributed by atoms with E-state index in [0.29, 0.717) is 5.88 Å². The van der Waals surface area contributed by atoms with E-state index in [1.54, 1.807) is 11.3 Å². The van der Waals surface area contributed by atoms with E-state index in [4.69, 9.17) is 11.6 Å². The van der Waals surface area contributed by atoms with Crippen molar-refractivity contribution in [3.63, 3.8) is 0 Å². The molecule has 0 fully saturated rings. The number of aryl methyl sites for hydroxylation is 1. The highest BCUT2D eigenvalue weighted by Crippen LogP contribution is 2.25. The molecule has 0 N–H and O–H groups in total. The summed E-state index contributed by atoms with van der Waals surface area (Å²) in [6.07, 6.45) is 1.94. The Bertz CT molecular complexity index is 265. The van der Waals surface area contributed by atoms with Crippen molar-refractivity contribution in [3.8, 4) is 0 Å². The molecule has 0 amide bonds. The van der Waals surface area contributed by atoms with Gasteiger partial charge in [-0.2, -0.15) is 0 Å². The third kappa shape index (κ3) is 3.24. The Morgan fingerprint density at radius 3 is 2.46 bits per heavy atom. The van der Waals surface area contributed by atoms with Crippen molar-refractivity contribution >= 4 is 22.9 Å². The van der Waals surface area contributed by atoms with Gasteiger partial charge >= 0.3 is 0 Å². The van der Waals surface area contributed by atoms with Crippen LogP contribution in [0.1, 0.15) is 37.2 Å². The Labute approximate surface area is 88.3 Å². The summed E-state index contributed by atoms with van der Waals surface area (Å²) in [5.74, 6) is 0.699. The van der Waals surface area contributed by atoms with E-state index in [1.807, 2.05) is 0 Å². The minimum atomic E-state index is 0.122. The van der Waals surface area contributed by atoms with Crippen LogP contribution in [-0.2, 0) is 11.8 Å². The molecule has 0 aliphatic rings. The van der Waals surface area contributed by atoms with Crippen molar-refractivity contribution in [1.82, 2.24) is 10.2 Å². The fraction of sp³-hybridized carbons (Fsp3) is 0.778. The smallest absolute Gasteiger partial charge is 0.122 e. The molecule has 2 nitrogen and oxygen atoms in total. The van der Waals surface area contributed by atoms with Crippen molar-refractivity contribution in [2.75, 3.05) is 5.88 Å². The summed E-state index contributed by atoms with van der Waals surface area (Å²) >= 11 is 7.30. The van der Waals surface area contributed by atoms with E-state index in [-0.39, 0.29) is 5.41 Å². The summed E-state index contributed by atoms with van der Waals surface area (Å²) in [6, 6.07) is 0. The second-order valence-electron chi connectivity index (χ2n) is 4.04. The first kappa shape index (κ1) is 10.9. The monoisotopic (exact) mass is 218 g/mol. The maximum atomic E-state index is 5.60. The van der Waals surface area contributed by atoms with Gasteiger partial charge in [-0.3, -0.25) is 0 Å². The van der Waals surface area contributed by atoms with Gasteiger partial charge in [0, 0.05) is 17.7 Å². The molecule has 4 heteroatoms. The van der Waals surface area contributed by atoms with Crippen molar-refractivity contribution in [2.45, 2.75) is 39.0 Å². The van der Waals surface area contributed by atoms with E-state index in [0.717, 1.165) is 22.9 Å². The zero-order chi connectivity index (χ0) is 9.90. The maximum Gasteiger partial charge on any atom is 0.122 e. The Morgan fingerprint density at radius 2 is 2.00 bits per heavy atom.